The standard InChI is InChI=1S/C20H32N2O4/c1-4-22(2)20(23)15-26-19-14-21-11-10-18(19)16-6-8-17(9-7-16)25-13-5-12-24-3/h6-9,18-19,21H,4-5,10-15H2,1-3H3/t18?,19-/m1/s1. The van der Waals surface area contributed by atoms with E-state index >= 15 is 0 Å². The summed E-state index contributed by atoms with van der Waals surface area (Å²) in [6, 6.07) is 8.24. The first-order valence-electron chi connectivity index (χ1n) is 9.43. The summed E-state index contributed by atoms with van der Waals surface area (Å²) in [6.45, 7) is 5.87. The van der Waals surface area contributed by atoms with Gasteiger partial charge in [0.1, 0.15) is 12.4 Å². The molecule has 0 bridgehead atoms. The molecule has 1 heterocycles. The molecule has 26 heavy (non-hydrogen) atoms. The van der Waals surface area contributed by atoms with Crippen LogP contribution in [0.25, 0.3) is 0 Å². The van der Waals surface area contributed by atoms with Crippen LogP contribution >= 0.6 is 0 Å². The van der Waals surface area contributed by atoms with E-state index < -0.39 is 0 Å². The molecule has 1 N–H and O–H groups in total. The minimum Gasteiger partial charge on any atom is -0.494 e. The molecule has 0 spiro atoms. The first-order chi connectivity index (χ1) is 12.7. The van der Waals surface area contributed by atoms with Gasteiger partial charge in [-0.3, -0.25) is 4.79 Å². The van der Waals surface area contributed by atoms with Crippen molar-refractivity contribution < 1.29 is 19.0 Å². The molecule has 1 aromatic carbocycles. The monoisotopic (exact) mass is 364 g/mol. The predicted molar refractivity (Wildman–Crippen MR) is 102 cm³/mol. The fourth-order valence-corrected chi connectivity index (χ4v) is 3.06. The van der Waals surface area contributed by atoms with Crippen molar-refractivity contribution in [2.24, 2.45) is 0 Å². The molecule has 6 nitrogen and oxygen atoms in total. The Balaban J connectivity index is 1.90. The zero-order chi connectivity index (χ0) is 18.8. The van der Waals surface area contributed by atoms with Crippen molar-refractivity contribution in [3.05, 3.63) is 29.8 Å². The van der Waals surface area contributed by atoms with E-state index in [0.717, 1.165) is 31.7 Å². The summed E-state index contributed by atoms with van der Waals surface area (Å²) in [4.78, 5) is 13.7. The number of carbonyl (C=O) groups is 1. The summed E-state index contributed by atoms with van der Waals surface area (Å²) in [5, 5.41) is 3.37. The maximum absolute atomic E-state index is 12.0. The van der Waals surface area contributed by atoms with Crippen molar-refractivity contribution in [3.63, 3.8) is 0 Å². The van der Waals surface area contributed by atoms with Crippen molar-refractivity contribution in [2.45, 2.75) is 31.8 Å². The van der Waals surface area contributed by atoms with Gasteiger partial charge in [-0.15, -0.1) is 0 Å². The van der Waals surface area contributed by atoms with Gasteiger partial charge in [-0.1, -0.05) is 12.1 Å². The van der Waals surface area contributed by atoms with E-state index in [0.29, 0.717) is 25.7 Å². The Hall–Kier alpha value is -1.63. The average Bonchev–Trinajstić information content (AvgIpc) is 2.69. The lowest BCUT2D eigenvalue weighted by atomic mass is 9.88. The van der Waals surface area contributed by atoms with Crippen LogP contribution in [-0.4, -0.2) is 70.5 Å². The second kappa shape index (κ2) is 11.2. The minimum absolute atomic E-state index is 0.00595. The van der Waals surface area contributed by atoms with Gasteiger partial charge in [-0.2, -0.15) is 0 Å². The molecule has 146 valence electrons. The summed E-state index contributed by atoms with van der Waals surface area (Å²) < 4.78 is 16.7. The highest BCUT2D eigenvalue weighted by atomic mass is 16.5. The number of carbonyl (C=O) groups excluding carboxylic acids is 1. The normalized spacial score (nSPS) is 20.0. The number of nitrogens with zero attached hydrogens (tertiary/aromatic N) is 1. The number of hydrogen-bond acceptors (Lipinski definition) is 5. The zero-order valence-corrected chi connectivity index (χ0v) is 16.2. The van der Waals surface area contributed by atoms with Gasteiger partial charge >= 0.3 is 0 Å². The third kappa shape index (κ3) is 6.27. The number of nitrogens with one attached hydrogen (secondary N) is 1. The van der Waals surface area contributed by atoms with Crippen molar-refractivity contribution in [3.8, 4) is 5.75 Å². The van der Waals surface area contributed by atoms with Crippen LogP contribution in [0.3, 0.4) is 0 Å². The van der Waals surface area contributed by atoms with Crippen molar-refractivity contribution >= 4 is 5.91 Å². The largest absolute Gasteiger partial charge is 0.494 e. The van der Waals surface area contributed by atoms with E-state index in [-0.39, 0.29) is 18.6 Å². The van der Waals surface area contributed by atoms with Gasteiger partial charge in [0.2, 0.25) is 5.91 Å². The lowest BCUT2D eigenvalue weighted by Gasteiger charge is -2.32. The highest BCUT2D eigenvalue weighted by molar-refractivity contribution is 5.77. The fraction of sp³-hybridized carbons (Fsp3) is 0.650. The molecule has 2 atom stereocenters. The van der Waals surface area contributed by atoms with E-state index in [2.05, 4.69) is 17.4 Å². The molecule has 0 aliphatic carbocycles. The topological polar surface area (TPSA) is 60.0 Å². The van der Waals surface area contributed by atoms with Gasteiger partial charge in [-0.25, -0.2) is 0 Å². The van der Waals surface area contributed by atoms with Gasteiger partial charge in [-0.05, 0) is 37.6 Å². The Kier molecular flexibility index (Phi) is 8.88. The zero-order valence-electron chi connectivity index (χ0n) is 16.2. The average molecular weight is 364 g/mol. The second-order valence-electron chi connectivity index (χ2n) is 6.62. The molecule has 1 amide bonds. The number of piperidine rings is 1. The second-order valence-corrected chi connectivity index (χ2v) is 6.62. The van der Waals surface area contributed by atoms with Crippen LogP contribution in [-0.2, 0) is 14.3 Å². The highest BCUT2D eigenvalue weighted by Gasteiger charge is 2.28. The van der Waals surface area contributed by atoms with E-state index in [1.54, 1.807) is 19.1 Å². The first-order valence-corrected chi connectivity index (χ1v) is 9.43. The van der Waals surface area contributed by atoms with Gasteiger partial charge < -0.3 is 24.4 Å². The summed E-state index contributed by atoms with van der Waals surface area (Å²) in [7, 11) is 3.49. The molecule has 1 fully saturated rings. The molecule has 1 unspecified atom stereocenters. The van der Waals surface area contributed by atoms with E-state index in [1.165, 1.54) is 5.56 Å². The number of methoxy groups -OCH3 is 1. The third-order valence-electron chi connectivity index (χ3n) is 4.82. The maximum Gasteiger partial charge on any atom is 0.248 e. The van der Waals surface area contributed by atoms with Crippen LogP contribution in [0.4, 0.5) is 0 Å². The van der Waals surface area contributed by atoms with Gasteiger partial charge in [0, 0.05) is 46.2 Å². The number of likely N-dealkylation sites (N-methyl/N-ethyl adjacent to an activating group) is 1. The number of benzene rings is 1. The SMILES string of the molecule is CCN(C)C(=O)CO[C@@H]1CNCCC1c1ccc(OCCCOC)cc1. The highest BCUT2D eigenvalue weighted by Crippen LogP contribution is 2.29. The molecular formula is C20H32N2O4. The molecular weight excluding hydrogens is 332 g/mol. The van der Waals surface area contributed by atoms with Crippen LogP contribution in [0.15, 0.2) is 24.3 Å². The van der Waals surface area contributed by atoms with Gasteiger partial charge in [0.25, 0.3) is 0 Å². The van der Waals surface area contributed by atoms with Crippen LogP contribution in [0.5, 0.6) is 5.75 Å². The van der Waals surface area contributed by atoms with Crippen LogP contribution in [0, 0.1) is 0 Å². The summed E-state index contributed by atoms with van der Waals surface area (Å²) in [5.41, 5.74) is 1.23. The smallest absolute Gasteiger partial charge is 0.248 e. The molecule has 1 aliphatic heterocycles. The van der Waals surface area contributed by atoms with E-state index in [1.807, 2.05) is 19.1 Å². The molecule has 0 aromatic heterocycles. The van der Waals surface area contributed by atoms with Crippen molar-refractivity contribution in [1.82, 2.24) is 10.2 Å². The van der Waals surface area contributed by atoms with Crippen molar-refractivity contribution in [1.29, 1.82) is 0 Å². The van der Waals surface area contributed by atoms with Crippen LogP contribution < -0.4 is 10.1 Å². The summed E-state index contributed by atoms with van der Waals surface area (Å²) in [6.07, 6.45) is 1.88. The third-order valence-corrected chi connectivity index (χ3v) is 4.82. The van der Waals surface area contributed by atoms with Crippen molar-refractivity contribution in [2.75, 3.05) is 53.6 Å². The predicted octanol–water partition coefficient (Wildman–Crippen LogP) is 2.04. The summed E-state index contributed by atoms with van der Waals surface area (Å²) in [5.74, 6) is 1.19. The van der Waals surface area contributed by atoms with Crippen LogP contribution in [0.2, 0.25) is 0 Å². The maximum atomic E-state index is 12.0. The van der Waals surface area contributed by atoms with Gasteiger partial charge in [0.05, 0.1) is 12.7 Å². The molecule has 1 aliphatic rings. The molecule has 1 aromatic rings. The Morgan fingerprint density at radius 1 is 1.27 bits per heavy atom. The summed E-state index contributed by atoms with van der Waals surface area (Å²) >= 11 is 0. The molecule has 6 heteroatoms. The quantitative estimate of drug-likeness (QED) is 0.644. The molecule has 2 rings (SSSR count). The Morgan fingerprint density at radius 2 is 2.04 bits per heavy atom. The lowest BCUT2D eigenvalue weighted by Crippen LogP contribution is -2.43. The minimum atomic E-state index is 0.00595. The van der Waals surface area contributed by atoms with E-state index in [9.17, 15) is 4.79 Å². The number of amides is 1. The number of ether oxygens (including phenoxy) is 3. The lowest BCUT2D eigenvalue weighted by molar-refractivity contribution is -0.137. The first kappa shape index (κ1) is 20.7. The number of hydrogen-bond donors (Lipinski definition) is 1. The van der Waals surface area contributed by atoms with Gasteiger partial charge in [0.15, 0.2) is 0 Å². The molecule has 0 saturated carbocycles. The number of rotatable bonds is 10. The Morgan fingerprint density at radius 3 is 2.73 bits per heavy atom. The Bertz CT molecular complexity index is 535. The fourth-order valence-electron chi connectivity index (χ4n) is 3.06. The van der Waals surface area contributed by atoms with Crippen LogP contribution in [0.1, 0.15) is 31.2 Å². The Labute approximate surface area is 156 Å². The van der Waals surface area contributed by atoms with E-state index in [4.69, 9.17) is 14.2 Å². The molecule has 1 saturated heterocycles. The molecule has 0 radical (unpaired) electrons.